The predicted molar refractivity (Wildman–Crippen MR) is 43.4 cm³/mol. The Morgan fingerprint density at radius 2 is 2.33 bits per heavy atom. The van der Waals surface area contributed by atoms with Gasteiger partial charge in [-0.05, 0) is 28.9 Å². The van der Waals surface area contributed by atoms with Crippen molar-refractivity contribution in [3.05, 3.63) is 22.8 Å². The third-order valence-corrected chi connectivity index (χ3v) is 1.97. The van der Waals surface area contributed by atoms with Crippen LogP contribution in [-0.2, 0) is 0 Å². The van der Waals surface area contributed by atoms with E-state index in [0.29, 0.717) is 6.04 Å². The van der Waals surface area contributed by atoms with E-state index in [1.54, 1.807) is 0 Å². The van der Waals surface area contributed by atoms with E-state index in [2.05, 4.69) is 53.2 Å². The second-order valence-electron chi connectivity index (χ2n) is 2.28. The van der Waals surface area contributed by atoms with Crippen LogP contribution in [0, 0.1) is 0 Å². The molecule has 0 N–H and O–H groups in total. The molecule has 0 radical (unpaired) electrons. The molecule has 9 heavy (non-hydrogen) atoms. The first-order valence-electron chi connectivity index (χ1n) is 2.97. The molecule has 0 saturated heterocycles. The summed E-state index contributed by atoms with van der Waals surface area (Å²) in [4.78, 5) is 2.16. The highest BCUT2D eigenvalue weighted by Gasteiger charge is 2.04. The molecular formula is C7H10BrN. The van der Waals surface area contributed by atoms with Gasteiger partial charge in [-0.2, -0.15) is 0 Å². The van der Waals surface area contributed by atoms with Crippen LogP contribution in [0.4, 0.5) is 0 Å². The summed E-state index contributed by atoms with van der Waals surface area (Å²) in [5, 5.41) is 0. The second kappa shape index (κ2) is 2.56. The molecule has 1 nitrogen and oxygen atoms in total. The van der Waals surface area contributed by atoms with Crippen LogP contribution in [0.15, 0.2) is 22.8 Å². The van der Waals surface area contributed by atoms with Crippen molar-refractivity contribution >= 4 is 15.9 Å². The van der Waals surface area contributed by atoms with Gasteiger partial charge in [0.15, 0.2) is 0 Å². The Morgan fingerprint density at radius 3 is 2.78 bits per heavy atom. The Hall–Kier alpha value is -0.240. The molecular weight excluding hydrogens is 178 g/mol. The van der Waals surface area contributed by atoms with Crippen LogP contribution in [0.1, 0.15) is 6.92 Å². The summed E-state index contributed by atoms with van der Waals surface area (Å²) in [5.41, 5.74) is 0. The Morgan fingerprint density at radius 1 is 1.67 bits per heavy atom. The summed E-state index contributed by atoms with van der Waals surface area (Å²) in [6.45, 7) is 2.16. The molecule has 1 rings (SSSR count). The molecule has 50 valence electrons. The summed E-state index contributed by atoms with van der Waals surface area (Å²) >= 11 is 3.39. The van der Waals surface area contributed by atoms with E-state index < -0.39 is 0 Å². The number of halogens is 1. The minimum atomic E-state index is 0.534. The lowest BCUT2D eigenvalue weighted by molar-refractivity contribution is 0.402. The van der Waals surface area contributed by atoms with Crippen LogP contribution in [-0.4, -0.2) is 18.0 Å². The number of hydrogen-bond donors (Lipinski definition) is 0. The van der Waals surface area contributed by atoms with Gasteiger partial charge in [0.1, 0.15) is 0 Å². The van der Waals surface area contributed by atoms with E-state index in [9.17, 15) is 0 Å². The van der Waals surface area contributed by atoms with Gasteiger partial charge in [-0.1, -0.05) is 6.08 Å². The van der Waals surface area contributed by atoms with E-state index in [1.165, 1.54) is 0 Å². The van der Waals surface area contributed by atoms with Crippen molar-refractivity contribution in [1.82, 2.24) is 4.90 Å². The summed E-state index contributed by atoms with van der Waals surface area (Å²) in [6.07, 6.45) is 6.30. The number of hydrogen-bond acceptors (Lipinski definition) is 1. The molecule has 0 bridgehead atoms. The van der Waals surface area contributed by atoms with Crippen LogP contribution in [0.2, 0.25) is 0 Å². The molecule has 2 heteroatoms. The van der Waals surface area contributed by atoms with Gasteiger partial charge in [0.05, 0.1) is 0 Å². The van der Waals surface area contributed by atoms with Crippen molar-refractivity contribution in [2.75, 3.05) is 7.05 Å². The molecule has 0 amide bonds. The fraction of sp³-hybridized carbons (Fsp3) is 0.429. The van der Waals surface area contributed by atoms with Gasteiger partial charge >= 0.3 is 0 Å². The average Bonchev–Trinajstić information content (AvgIpc) is 1.80. The highest BCUT2D eigenvalue weighted by Crippen LogP contribution is 2.15. The minimum absolute atomic E-state index is 0.534. The topological polar surface area (TPSA) is 3.24 Å². The maximum Gasteiger partial charge on any atom is 0.0439 e. The molecule has 0 aromatic carbocycles. The van der Waals surface area contributed by atoms with Gasteiger partial charge in [-0.15, -0.1) is 0 Å². The van der Waals surface area contributed by atoms with E-state index in [0.717, 1.165) is 4.48 Å². The summed E-state index contributed by atoms with van der Waals surface area (Å²) in [7, 11) is 2.06. The van der Waals surface area contributed by atoms with Crippen molar-refractivity contribution in [3.8, 4) is 0 Å². The highest BCUT2D eigenvalue weighted by molar-refractivity contribution is 9.11. The fourth-order valence-electron chi connectivity index (χ4n) is 0.722. The van der Waals surface area contributed by atoms with Gasteiger partial charge in [-0.3, -0.25) is 0 Å². The molecule has 0 aromatic heterocycles. The lowest BCUT2D eigenvalue weighted by atomic mass is 10.2. The van der Waals surface area contributed by atoms with E-state index in [-0.39, 0.29) is 0 Å². The highest BCUT2D eigenvalue weighted by atomic mass is 79.9. The molecule has 0 spiro atoms. The van der Waals surface area contributed by atoms with Gasteiger partial charge in [0, 0.05) is 23.8 Å². The first-order chi connectivity index (χ1) is 4.20. The Bertz CT molecular complexity index is 160. The smallest absolute Gasteiger partial charge is 0.0439 e. The largest absolute Gasteiger partial charge is 0.373 e. The van der Waals surface area contributed by atoms with Gasteiger partial charge in [0.2, 0.25) is 0 Å². The maximum atomic E-state index is 3.39. The molecule has 1 atom stereocenters. The van der Waals surface area contributed by atoms with Crippen LogP contribution in [0.25, 0.3) is 0 Å². The molecule has 1 unspecified atom stereocenters. The summed E-state index contributed by atoms with van der Waals surface area (Å²) in [5.74, 6) is 0. The van der Waals surface area contributed by atoms with Crippen molar-refractivity contribution in [2.24, 2.45) is 0 Å². The van der Waals surface area contributed by atoms with Crippen molar-refractivity contribution in [2.45, 2.75) is 13.0 Å². The maximum absolute atomic E-state index is 3.39. The number of rotatable bonds is 0. The summed E-state index contributed by atoms with van der Waals surface area (Å²) in [6, 6.07) is 0.534. The first-order valence-corrected chi connectivity index (χ1v) is 3.77. The summed E-state index contributed by atoms with van der Waals surface area (Å²) < 4.78 is 1.14. The molecule has 0 aromatic rings. The zero-order valence-electron chi connectivity index (χ0n) is 5.63. The Balaban J connectivity index is 2.70. The van der Waals surface area contributed by atoms with Crippen molar-refractivity contribution < 1.29 is 0 Å². The zero-order valence-corrected chi connectivity index (χ0v) is 7.22. The van der Waals surface area contributed by atoms with E-state index in [4.69, 9.17) is 0 Å². The monoisotopic (exact) mass is 187 g/mol. The van der Waals surface area contributed by atoms with Crippen LogP contribution < -0.4 is 0 Å². The molecule has 0 saturated carbocycles. The van der Waals surface area contributed by atoms with E-state index >= 15 is 0 Å². The third-order valence-electron chi connectivity index (χ3n) is 1.50. The quantitative estimate of drug-likeness (QED) is 0.562. The Kier molecular flexibility index (Phi) is 1.96. The number of nitrogens with zero attached hydrogens (tertiary/aromatic N) is 1. The molecule has 1 aliphatic rings. The SMILES string of the molecule is CC1C=CC(Br)=CN1C. The van der Waals surface area contributed by atoms with Crippen molar-refractivity contribution in [1.29, 1.82) is 0 Å². The van der Waals surface area contributed by atoms with Gasteiger partial charge in [-0.25, -0.2) is 0 Å². The van der Waals surface area contributed by atoms with Crippen LogP contribution in [0.5, 0.6) is 0 Å². The molecule has 1 aliphatic heterocycles. The normalized spacial score (nSPS) is 26.3. The van der Waals surface area contributed by atoms with Crippen LogP contribution >= 0.6 is 15.9 Å². The van der Waals surface area contributed by atoms with E-state index in [1.807, 2.05) is 0 Å². The average molecular weight is 188 g/mol. The first kappa shape index (κ1) is 6.87. The van der Waals surface area contributed by atoms with Gasteiger partial charge in [0.25, 0.3) is 0 Å². The molecule has 0 aliphatic carbocycles. The standard InChI is InChI=1S/C7H10BrN/c1-6-3-4-7(8)5-9(6)2/h3-6H,1-2H3. The Labute approximate surface area is 64.2 Å². The third kappa shape index (κ3) is 1.58. The number of likely N-dealkylation sites (N-methyl/N-ethyl adjacent to an activating group) is 1. The predicted octanol–water partition coefficient (Wildman–Crippen LogP) is 2.11. The minimum Gasteiger partial charge on any atom is -0.373 e. The number of allylic oxidation sites excluding steroid dienone is 2. The van der Waals surface area contributed by atoms with Crippen LogP contribution in [0.3, 0.4) is 0 Å². The molecule has 1 heterocycles. The lowest BCUT2D eigenvalue weighted by Crippen LogP contribution is -2.23. The zero-order chi connectivity index (χ0) is 6.85. The van der Waals surface area contributed by atoms with Gasteiger partial charge < -0.3 is 4.90 Å². The van der Waals surface area contributed by atoms with Crippen molar-refractivity contribution in [3.63, 3.8) is 0 Å². The lowest BCUT2D eigenvalue weighted by Gasteiger charge is -2.23. The second-order valence-corrected chi connectivity index (χ2v) is 3.19. The molecule has 0 fully saturated rings. The fourth-order valence-corrected chi connectivity index (χ4v) is 1.20.